The number of carbonyl (C=O) groups excluding carboxylic acids is 2. The summed E-state index contributed by atoms with van der Waals surface area (Å²) in [5.41, 5.74) is 3.79. The molecule has 2 aromatic rings. The van der Waals surface area contributed by atoms with E-state index in [2.05, 4.69) is 31.1 Å². The Morgan fingerprint density at radius 3 is 2.42 bits per heavy atom. The van der Waals surface area contributed by atoms with E-state index in [1.807, 2.05) is 44.2 Å². The van der Waals surface area contributed by atoms with Crippen LogP contribution in [0, 0.1) is 13.8 Å². The third kappa shape index (κ3) is 3.05. The van der Waals surface area contributed by atoms with E-state index in [9.17, 15) is 9.59 Å². The van der Waals surface area contributed by atoms with Crippen LogP contribution in [0.15, 0.2) is 40.4 Å². The first-order chi connectivity index (χ1) is 11.4. The van der Waals surface area contributed by atoms with Gasteiger partial charge in [-0.2, -0.15) is 0 Å². The third-order valence-corrected chi connectivity index (χ3v) is 4.48. The summed E-state index contributed by atoms with van der Waals surface area (Å²) in [7, 11) is 0. The van der Waals surface area contributed by atoms with E-state index in [-0.39, 0.29) is 10.7 Å². The van der Waals surface area contributed by atoms with Crippen molar-refractivity contribution in [2.24, 2.45) is 0 Å². The van der Waals surface area contributed by atoms with Crippen LogP contribution in [0.4, 0.5) is 0 Å². The monoisotopic (exact) mass is 403 g/mol. The van der Waals surface area contributed by atoms with E-state index in [0.717, 1.165) is 27.1 Å². The Kier molecular flexibility index (Phi) is 4.38. The van der Waals surface area contributed by atoms with Crippen LogP contribution in [-0.4, -0.2) is 21.5 Å². The van der Waals surface area contributed by atoms with Crippen LogP contribution in [0.2, 0.25) is 0 Å². The molecule has 1 saturated heterocycles. The van der Waals surface area contributed by atoms with Crippen molar-refractivity contribution in [3.63, 3.8) is 0 Å². The highest BCUT2D eigenvalue weighted by atomic mass is 79.9. The number of amides is 2. The van der Waals surface area contributed by atoms with Gasteiger partial charge in [-0.25, -0.2) is 0 Å². The number of thiocarbonyl (C=S) groups is 1. The molecule has 1 aromatic heterocycles. The van der Waals surface area contributed by atoms with Gasteiger partial charge in [-0.3, -0.25) is 20.2 Å². The second-order valence-electron chi connectivity index (χ2n) is 5.44. The molecule has 1 aliphatic heterocycles. The Labute approximate surface area is 152 Å². The van der Waals surface area contributed by atoms with E-state index in [0.29, 0.717) is 0 Å². The Morgan fingerprint density at radius 2 is 1.79 bits per heavy atom. The van der Waals surface area contributed by atoms with Crippen molar-refractivity contribution >= 4 is 51.2 Å². The lowest BCUT2D eigenvalue weighted by atomic mass is 10.1. The highest BCUT2D eigenvalue weighted by Crippen LogP contribution is 2.25. The predicted octanol–water partition coefficient (Wildman–Crippen LogP) is 2.77. The maximum Gasteiger partial charge on any atom is 0.263 e. The quantitative estimate of drug-likeness (QED) is 0.460. The van der Waals surface area contributed by atoms with E-state index in [4.69, 9.17) is 12.2 Å². The topological polar surface area (TPSA) is 63.1 Å². The Bertz CT molecular complexity index is 893. The third-order valence-electron chi connectivity index (χ3n) is 3.78. The Morgan fingerprint density at radius 1 is 1.12 bits per heavy atom. The van der Waals surface area contributed by atoms with Gasteiger partial charge in [0.1, 0.15) is 5.57 Å². The molecule has 0 unspecified atom stereocenters. The maximum atomic E-state index is 12.0. The van der Waals surface area contributed by atoms with Gasteiger partial charge in [-0.15, -0.1) is 0 Å². The van der Waals surface area contributed by atoms with Gasteiger partial charge in [-0.05, 0) is 62.0 Å². The van der Waals surface area contributed by atoms with Crippen molar-refractivity contribution in [1.29, 1.82) is 0 Å². The van der Waals surface area contributed by atoms with E-state index >= 15 is 0 Å². The van der Waals surface area contributed by atoms with E-state index in [1.165, 1.54) is 0 Å². The number of benzene rings is 1. The summed E-state index contributed by atoms with van der Waals surface area (Å²) in [5, 5.41) is 4.91. The van der Waals surface area contributed by atoms with Crippen LogP contribution in [0.25, 0.3) is 11.8 Å². The Hall–Kier alpha value is -2.25. The number of aromatic nitrogens is 1. The van der Waals surface area contributed by atoms with Gasteiger partial charge in [0, 0.05) is 21.5 Å². The summed E-state index contributed by atoms with van der Waals surface area (Å²) in [6.07, 6.45) is 1.59. The molecule has 24 heavy (non-hydrogen) atoms. The molecule has 2 heterocycles. The zero-order valence-electron chi connectivity index (χ0n) is 13.0. The van der Waals surface area contributed by atoms with E-state index < -0.39 is 11.8 Å². The lowest BCUT2D eigenvalue weighted by molar-refractivity contribution is -0.123. The first-order valence-electron chi connectivity index (χ1n) is 7.20. The smallest absolute Gasteiger partial charge is 0.263 e. The molecule has 0 atom stereocenters. The minimum atomic E-state index is -0.490. The second-order valence-corrected chi connectivity index (χ2v) is 6.76. The van der Waals surface area contributed by atoms with Crippen molar-refractivity contribution in [1.82, 2.24) is 15.2 Å². The van der Waals surface area contributed by atoms with Gasteiger partial charge in [0.15, 0.2) is 5.11 Å². The molecule has 0 aliphatic carbocycles. The maximum absolute atomic E-state index is 12.0. The molecule has 7 heteroatoms. The van der Waals surface area contributed by atoms with Crippen molar-refractivity contribution in [3.8, 4) is 5.69 Å². The predicted molar refractivity (Wildman–Crippen MR) is 99.8 cm³/mol. The van der Waals surface area contributed by atoms with Crippen molar-refractivity contribution in [2.45, 2.75) is 13.8 Å². The average molecular weight is 404 g/mol. The largest absolute Gasteiger partial charge is 0.318 e. The molecule has 1 fully saturated rings. The van der Waals surface area contributed by atoms with Crippen LogP contribution < -0.4 is 10.6 Å². The molecule has 5 nitrogen and oxygen atoms in total. The molecule has 1 aromatic carbocycles. The number of hydrogen-bond donors (Lipinski definition) is 2. The SMILES string of the molecule is Cc1cc(C=C2C(=O)NC(=S)NC2=O)c(C)n1-c1cccc(Br)c1. The lowest BCUT2D eigenvalue weighted by Crippen LogP contribution is -2.51. The number of carbonyl (C=O) groups is 2. The number of halogens is 1. The van der Waals surface area contributed by atoms with Crippen LogP contribution in [0.5, 0.6) is 0 Å². The minimum Gasteiger partial charge on any atom is -0.318 e. The molecule has 2 N–H and O–H groups in total. The fourth-order valence-electron chi connectivity index (χ4n) is 2.71. The van der Waals surface area contributed by atoms with Crippen LogP contribution in [0.1, 0.15) is 17.0 Å². The molecule has 0 saturated carbocycles. The molecular weight excluding hydrogens is 390 g/mol. The first-order valence-corrected chi connectivity index (χ1v) is 8.40. The fraction of sp³-hybridized carbons (Fsp3) is 0.118. The summed E-state index contributed by atoms with van der Waals surface area (Å²) in [6.45, 7) is 3.93. The van der Waals surface area contributed by atoms with Crippen molar-refractivity contribution in [3.05, 3.63) is 57.3 Å². The van der Waals surface area contributed by atoms with Crippen LogP contribution in [-0.2, 0) is 9.59 Å². The highest BCUT2D eigenvalue weighted by molar-refractivity contribution is 9.10. The molecule has 3 rings (SSSR count). The first kappa shape index (κ1) is 16.6. The summed E-state index contributed by atoms with van der Waals surface area (Å²) in [5.74, 6) is -0.980. The van der Waals surface area contributed by atoms with Crippen LogP contribution >= 0.6 is 28.1 Å². The number of nitrogens with zero attached hydrogens (tertiary/aromatic N) is 1. The molecule has 2 amide bonds. The molecule has 0 spiro atoms. The molecule has 0 radical (unpaired) electrons. The van der Waals surface area contributed by atoms with E-state index in [1.54, 1.807) is 6.08 Å². The zero-order valence-corrected chi connectivity index (χ0v) is 15.4. The summed E-state index contributed by atoms with van der Waals surface area (Å²) >= 11 is 8.28. The number of aryl methyl sites for hydroxylation is 1. The summed E-state index contributed by atoms with van der Waals surface area (Å²) < 4.78 is 3.05. The van der Waals surface area contributed by atoms with Crippen molar-refractivity contribution < 1.29 is 9.59 Å². The molecule has 0 bridgehead atoms. The molecular formula is C17H14BrN3O2S. The van der Waals surface area contributed by atoms with Gasteiger partial charge in [0.05, 0.1) is 0 Å². The summed E-state index contributed by atoms with van der Waals surface area (Å²) in [4.78, 5) is 24.0. The normalized spacial score (nSPS) is 14.5. The average Bonchev–Trinajstić information content (AvgIpc) is 2.77. The highest BCUT2D eigenvalue weighted by Gasteiger charge is 2.26. The molecule has 122 valence electrons. The standard InChI is InChI=1S/C17H14BrN3O2S/c1-9-6-11(7-14-15(22)19-17(24)20-16(14)23)10(2)21(9)13-5-3-4-12(18)8-13/h3-8H,1-2H3,(H2,19,20,22,23,24). The summed E-state index contributed by atoms with van der Waals surface area (Å²) in [6, 6.07) is 9.87. The van der Waals surface area contributed by atoms with Crippen LogP contribution in [0.3, 0.4) is 0 Å². The minimum absolute atomic E-state index is 0.0294. The van der Waals surface area contributed by atoms with Crippen molar-refractivity contribution in [2.75, 3.05) is 0 Å². The van der Waals surface area contributed by atoms with Gasteiger partial charge in [-0.1, -0.05) is 22.0 Å². The second kappa shape index (κ2) is 6.33. The fourth-order valence-corrected chi connectivity index (χ4v) is 3.28. The number of nitrogens with one attached hydrogen (secondary N) is 2. The zero-order chi connectivity index (χ0) is 17.4. The molecule has 1 aliphatic rings. The van der Waals surface area contributed by atoms with Gasteiger partial charge in [0.2, 0.25) is 0 Å². The number of hydrogen-bond acceptors (Lipinski definition) is 3. The van der Waals surface area contributed by atoms with Gasteiger partial charge >= 0.3 is 0 Å². The van der Waals surface area contributed by atoms with Gasteiger partial charge in [0.25, 0.3) is 11.8 Å². The lowest BCUT2D eigenvalue weighted by Gasteiger charge is -2.16. The Balaban J connectivity index is 2.07. The van der Waals surface area contributed by atoms with Gasteiger partial charge < -0.3 is 4.57 Å². The number of rotatable bonds is 2.